The van der Waals surface area contributed by atoms with Gasteiger partial charge in [-0.25, -0.2) is 0 Å². The summed E-state index contributed by atoms with van der Waals surface area (Å²) >= 11 is 0. The molecule has 1 aromatic heterocycles. The number of H-pyrrole nitrogens is 1. The molecule has 5 rings (SSSR count). The number of hydrogen-bond acceptors (Lipinski definition) is 4. The van der Waals surface area contributed by atoms with Gasteiger partial charge in [0.2, 0.25) is 5.91 Å². The summed E-state index contributed by atoms with van der Waals surface area (Å²) in [6.07, 6.45) is 5.31. The van der Waals surface area contributed by atoms with E-state index in [1.807, 2.05) is 23.1 Å². The van der Waals surface area contributed by atoms with Crippen molar-refractivity contribution in [2.75, 3.05) is 25.5 Å². The third kappa shape index (κ3) is 3.52. The normalized spacial score (nSPS) is 21.3. The lowest BCUT2D eigenvalue weighted by Crippen LogP contribution is -2.46. The standard InChI is InChI=1S/C25H33N5O2/c1-25(2)21-20(15-30(25)24(32)17-11-13-29(3)14-12-17)22(28-27-21)26-23(31)19-10-5-4-9-18(19)16-7-6-8-16/h4-5,9-10,16-17H,6-8,11-15H2,1-3H3,(H2,26,27,28,31). The van der Waals surface area contributed by atoms with E-state index in [1.165, 1.54) is 6.42 Å². The van der Waals surface area contributed by atoms with Crippen LogP contribution in [-0.4, -0.2) is 51.9 Å². The molecule has 1 saturated carbocycles. The second kappa shape index (κ2) is 8.03. The molecule has 2 N–H and O–H groups in total. The largest absolute Gasteiger partial charge is 0.327 e. The Morgan fingerprint density at radius 2 is 1.84 bits per heavy atom. The van der Waals surface area contributed by atoms with Gasteiger partial charge in [0, 0.05) is 17.0 Å². The summed E-state index contributed by atoms with van der Waals surface area (Å²) in [5, 5.41) is 10.6. The number of nitrogens with one attached hydrogen (secondary N) is 2. The van der Waals surface area contributed by atoms with Crippen LogP contribution in [0.1, 0.15) is 79.0 Å². The Balaban J connectivity index is 1.35. The first-order valence-electron chi connectivity index (χ1n) is 11.8. The molecule has 1 aromatic carbocycles. The first-order chi connectivity index (χ1) is 15.4. The molecule has 1 saturated heterocycles. The number of likely N-dealkylation sites (tertiary alicyclic amines) is 1. The number of amides is 2. The molecule has 7 nitrogen and oxygen atoms in total. The molecule has 2 fully saturated rings. The Morgan fingerprint density at radius 1 is 1.12 bits per heavy atom. The number of benzene rings is 1. The van der Waals surface area contributed by atoms with Crippen molar-refractivity contribution < 1.29 is 9.59 Å². The number of aromatic amines is 1. The van der Waals surface area contributed by atoms with Gasteiger partial charge in [0.25, 0.3) is 5.91 Å². The summed E-state index contributed by atoms with van der Waals surface area (Å²) in [7, 11) is 2.11. The molecular formula is C25H33N5O2. The highest BCUT2D eigenvalue weighted by molar-refractivity contribution is 6.05. The molecular weight excluding hydrogens is 402 g/mol. The van der Waals surface area contributed by atoms with Gasteiger partial charge in [-0.3, -0.25) is 14.7 Å². The number of fused-ring (bicyclic) bond motifs is 1. The van der Waals surface area contributed by atoms with Crippen LogP contribution in [0.5, 0.6) is 0 Å². The van der Waals surface area contributed by atoms with Gasteiger partial charge in [0.1, 0.15) is 0 Å². The molecule has 2 amide bonds. The molecule has 3 heterocycles. The Bertz CT molecular complexity index is 1030. The number of aromatic nitrogens is 2. The lowest BCUT2D eigenvalue weighted by atomic mass is 9.78. The topological polar surface area (TPSA) is 81.3 Å². The number of nitrogens with zero attached hydrogens (tertiary/aromatic N) is 3. The number of carbonyl (C=O) groups excluding carboxylic acids is 2. The summed E-state index contributed by atoms with van der Waals surface area (Å²) in [5.74, 6) is 1.17. The van der Waals surface area contributed by atoms with Crippen LogP contribution in [0, 0.1) is 5.92 Å². The second-order valence-corrected chi connectivity index (χ2v) is 10.2. The van der Waals surface area contributed by atoms with Crippen molar-refractivity contribution in [3.8, 4) is 0 Å². The second-order valence-electron chi connectivity index (χ2n) is 10.2. The van der Waals surface area contributed by atoms with Crippen LogP contribution in [0.2, 0.25) is 0 Å². The Hall–Kier alpha value is -2.67. The summed E-state index contributed by atoms with van der Waals surface area (Å²) in [6.45, 7) is 6.51. The molecule has 0 radical (unpaired) electrons. The highest BCUT2D eigenvalue weighted by atomic mass is 16.2. The molecule has 2 aliphatic heterocycles. The lowest BCUT2D eigenvalue weighted by molar-refractivity contribution is -0.142. The van der Waals surface area contributed by atoms with E-state index in [4.69, 9.17) is 0 Å². The van der Waals surface area contributed by atoms with Gasteiger partial charge < -0.3 is 15.1 Å². The van der Waals surface area contributed by atoms with E-state index in [1.54, 1.807) is 0 Å². The molecule has 0 bridgehead atoms. The molecule has 32 heavy (non-hydrogen) atoms. The predicted molar refractivity (Wildman–Crippen MR) is 123 cm³/mol. The zero-order chi connectivity index (χ0) is 22.5. The van der Waals surface area contributed by atoms with Crippen molar-refractivity contribution in [3.63, 3.8) is 0 Å². The van der Waals surface area contributed by atoms with E-state index in [0.29, 0.717) is 18.3 Å². The van der Waals surface area contributed by atoms with Gasteiger partial charge in [-0.05, 0) is 77.2 Å². The zero-order valence-corrected chi connectivity index (χ0v) is 19.3. The fourth-order valence-corrected chi connectivity index (χ4v) is 5.40. The van der Waals surface area contributed by atoms with E-state index in [9.17, 15) is 9.59 Å². The van der Waals surface area contributed by atoms with Gasteiger partial charge in [0.15, 0.2) is 5.82 Å². The number of anilines is 1. The monoisotopic (exact) mass is 435 g/mol. The van der Waals surface area contributed by atoms with Crippen LogP contribution in [0.3, 0.4) is 0 Å². The van der Waals surface area contributed by atoms with Crippen LogP contribution in [-0.2, 0) is 16.9 Å². The Morgan fingerprint density at radius 3 is 2.53 bits per heavy atom. The minimum atomic E-state index is -0.477. The molecule has 170 valence electrons. The Kier molecular flexibility index (Phi) is 5.32. The fraction of sp³-hybridized carbons (Fsp3) is 0.560. The maximum atomic E-state index is 13.4. The summed E-state index contributed by atoms with van der Waals surface area (Å²) in [6, 6.07) is 7.89. The van der Waals surface area contributed by atoms with Gasteiger partial charge in [-0.2, -0.15) is 5.10 Å². The van der Waals surface area contributed by atoms with E-state index >= 15 is 0 Å². The average molecular weight is 436 g/mol. The van der Waals surface area contributed by atoms with Crippen LogP contribution in [0.15, 0.2) is 24.3 Å². The van der Waals surface area contributed by atoms with Crippen LogP contribution in [0.25, 0.3) is 0 Å². The van der Waals surface area contributed by atoms with Crippen molar-refractivity contribution >= 4 is 17.6 Å². The van der Waals surface area contributed by atoms with Crippen LogP contribution < -0.4 is 5.32 Å². The Labute approximate surface area is 189 Å². The minimum Gasteiger partial charge on any atom is -0.327 e. The molecule has 2 aromatic rings. The third-order valence-corrected chi connectivity index (χ3v) is 7.79. The van der Waals surface area contributed by atoms with Crippen LogP contribution >= 0.6 is 0 Å². The number of piperidine rings is 1. The summed E-state index contributed by atoms with van der Waals surface area (Å²) < 4.78 is 0. The summed E-state index contributed by atoms with van der Waals surface area (Å²) in [5.41, 5.74) is 3.22. The number of hydrogen-bond donors (Lipinski definition) is 2. The first kappa shape index (κ1) is 21.2. The molecule has 3 aliphatic rings. The average Bonchev–Trinajstić information content (AvgIpc) is 3.25. The van der Waals surface area contributed by atoms with Crippen molar-refractivity contribution in [1.82, 2.24) is 20.0 Å². The smallest absolute Gasteiger partial charge is 0.257 e. The molecule has 0 atom stereocenters. The quantitative estimate of drug-likeness (QED) is 0.764. The van der Waals surface area contributed by atoms with Crippen molar-refractivity contribution in [1.29, 1.82) is 0 Å². The lowest BCUT2D eigenvalue weighted by Gasteiger charge is -2.37. The molecule has 0 unspecified atom stereocenters. The highest BCUT2D eigenvalue weighted by Gasteiger charge is 2.45. The first-order valence-corrected chi connectivity index (χ1v) is 11.8. The van der Waals surface area contributed by atoms with E-state index in [0.717, 1.165) is 61.2 Å². The van der Waals surface area contributed by atoms with Crippen molar-refractivity contribution in [2.24, 2.45) is 5.92 Å². The molecule has 1 aliphatic carbocycles. The third-order valence-electron chi connectivity index (χ3n) is 7.79. The maximum Gasteiger partial charge on any atom is 0.257 e. The SMILES string of the molecule is CN1CCC(C(=O)N2Cc3c(NC(=O)c4ccccc4C4CCC4)n[nH]c3C2(C)C)CC1. The van der Waals surface area contributed by atoms with Gasteiger partial charge in [0.05, 0.1) is 17.8 Å². The zero-order valence-electron chi connectivity index (χ0n) is 19.3. The van der Waals surface area contributed by atoms with Crippen LogP contribution in [0.4, 0.5) is 5.82 Å². The van der Waals surface area contributed by atoms with E-state index in [2.05, 4.69) is 47.4 Å². The molecule has 0 spiro atoms. The van der Waals surface area contributed by atoms with E-state index < -0.39 is 5.54 Å². The van der Waals surface area contributed by atoms with Gasteiger partial charge in [-0.15, -0.1) is 0 Å². The number of carbonyl (C=O) groups is 2. The highest BCUT2D eigenvalue weighted by Crippen LogP contribution is 2.42. The minimum absolute atomic E-state index is 0.0647. The number of rotatable bonds is 4. The fourth-order valence-electron chi connectivity index (χ4n) is 5.40. The predicted octanol–water partition coefficient (Wildman–Crippen LogP) is 3.85. The maximum absolute atomic E-state index is 13.4. The van der Waals surface area contributed by atoms with Crippen molar-refractivity contribution in [3.05, 3.63) is 46.6 Å². The molecule has 7 heteroatoms. The van der Waals surface area contributed by atoms with Crippen molar-refractivity contribution in [2.45, 2.75) is 64.0 Å². The van der Waals surface area contributed by atoms with Gasteiger partial charge in [-0.1, -0.05) is 24.6 Å². The summed E-state index contributed by atoms with van der Waals surface area (Å²) in [4.78, 5) is 30.8. The van der Waals surface area contributed by atoms with Gasteiger partial charge >= 0.3 is 0 Å². The van der Waals surface area contributed by atoms with E-state index in [-0.39, 0.29) is 17.7 Å².